The highest BCUT2D eigenvalue weighted by atomic mass is 15.2. The molecule has 0 N–H and O–H groups in total. The number of fused-ring (bicyclic) bond motifs is 9. The lowest BCUT2D eigenvalue weighted by Crippen LogP contribution is -2.37. The van der Waals surface area contributed by atoms with E-state index in [0.29, 0.717) is 11.8 Å². The first-order valence-corrected chi connectivity index (χ1v) is 22.7. The zero-order valence-corrected chi connectivity index (χ0v) is 35.4. The molecule has 9 aromatic rings. The first kappa shape index (κ1) is 36.8. The van der Waals surface area contributed by atoms with E-state index in [1.807, 2.05) is 0 Å². The second kappa shape index (κ2) is 14.9. The molecule has 5 unspecified atom stereocenters. The Kier molecular flexibility index (Phi) is 8.58. The van der Waals surface area contributed by atoms with Crippen LogP contribution in [-0.2, 0) is 0 Å². The molecule has 1 fully saturated rings. The van der Waals surface area contributed by atoms with Crippen molar-refractivity contribution in [3.63, 3.8) is 0 Å². The monoisotopic (exact) mass is 822 g/mol. The summed E-state index contributed by atoms with van der Waals surface area (Å²) in [5.74, 6) is 0.754. The van der Waals surface area contributed by atoms with Crippen LogP contribution in [0.25, 0.3) is 60.4 Å². The van der Waals surface area contributed by atoms with Crippen molar-refractivity contribution in [1.29, 1.82) is 0 Å². The minimum absolute atomic E-state index is 0.180. The maximum Gasteiger partial charge on any atom is 0.0571 e. The van der Waals surface area contributed by atoms with Crippen LogP contribution in [0.5, 0.6) is 0 Å². The van der Waals surface area contributed by atoms with Crippen molar-refractivity contribution in [1.82, 2.24) is 9.13 Å². The van der Waals surface area contributed by atoms with E-state index >= 15 is 0 Å². The van der Waals surface area contributed by atoms with E-state index in [4.69, 9.17) is 0 Å². The molecule has 4 heteroatoms. The third-order valence-electron chi connectivity index (χ3n) is 14.2. The molecule has 3 heterocycles. The van der Waals surface area contributed by atoms with E-state index in [2.05, 4.69) is 256 Å². The van der Waals surface area contributed by atoms with E-state index in [9.17, 15) is 0 Å². The van der Waals surface area contributed by atoms with Crippen LogP contribution in [0.2, 0.25) is 0 Å². The molecule has 0 spiro atoms. The third-order valence-corrected chi connectivity index (χ3v) is 14.2. The van der Waals surface area contributed by atoms with E-state index < -0.39 is 0 Å². The molecule has 0 amide bonds. The molecule has 2 aromatic heterocycles. The molecular formula is C60H46N4. The largest absolute Gasteiger partial charge is 0.357 e. The van der Waals surface area contributed by atoms with Crippen molar-refractivity contribution in [2.75, 3.05) is 9.80 Å². The fourth-order valence-corrected chi connectivity index (χ4v) is 11.3. The number of hydrogen-bond donors (Lipinski definition) is 0. The number of para-hydroxylation sites is 4. The maximum atomic E-state index is 2.64. The van der Waals surface area contributed by atoms with Crippen molar-refractivity contribution < 1.29 is 0 Å². The highest BCUT2D eigenvalue weighted by Crippen LogP contribution is 2.47. The summed E-state index contributed by atoms with van der Waals surface area (Å²) in [7, 11) is 0. The Morgan fingerprint density at radius 2 is 1.06 bits per heavy atom. The summed E-state index contributed by atoms with van der Waals surface area (Å²) in [5.41, 5.74) is 13.2. The van der Waals surface area contributed by atoms with Crippen molar-refractivity contribution in [3.8, 4) is 16.8 Å². The zero-order valence-electron chi connectivity index (χ0n) is 35.4. The SMILES string of the molecule is C1=CCC(n2c3ccccc3c3ccc(-c4ccc(N(C5=CC6C(C=C5)C5C=CC=CC5N6c5ccccc5)c5ccc6c7ccccc7n(-c7ccccc7)c6c5)cc4)cc32)C=C1. The molecule has 7 aromatic carbocycles. The minimum Gasteiger partial charge on any atom is -0.357 e. The predicted molar refractivity (Wildman–Crippen MR) is 269 cm³/mol. The average Bonchev–Trinajstić information content (AvgIpc) is 4.00. The second-order valence-corrected chi connectivity index (χ2v) is 17.6. The van der Waals surface area contributed by atoms with Crippen LogP contribution in [0.3, 0.4) is 0 Å². The predicted octanol–water partition coefficient (Wildman–Crippen LogP) is 14.8. The van der Waals surface area contributed by atoms with Gasteiger partial charge < -0.3 is 18.9 Å². The van der Waals surface area contributed by atoms with E-state index in [1.54, 1.807) is 0 Å². The topological polar surface area (TPSA) is 16.3 Å². The number of allylic oxidation sites excluding steroid dienone is 7. The summed E-state index contributed by atoms with van der Waals surface area (Å²) in [6, 6.07) is 63.5. The van der Waals surface area contributed by atoms with Gasteiger partial charge in [-0.15, -0.1) is 0 Å². The van der Waals surface area contributed by atoms with Crippen molar-refractivity contribution in [3.05, 3.63) is 242 Å². The Bertz CT molecular complexity index is 3450. The molecule has 306 valence electrons. The molecular weight excluding hydrogens is 777 g/mol. The molecule has 0 bridgehead atoms. The van der Waals surface area contributed by atoms with Gasteiger partial charge in [0.2, 0.25) is 0 Å². The highest BCUT2D eigenvalue weighted by Gasteiger charge is 2.46. The Balaban J connectivity index is 0.964. The Labute approximate surface area is 373 Å². The number of hydrogen-bond acceptors (Lipinski definition) is 2. The van der Waals surface area contributed by atoms with Crippen molar-refractivity contribution in [2.45, 2.75) is 24.5 Å². The van der Waals surface area contributed by atoms with Gasteiger partial charge in [0.05, 0.1) is 34.7 Å². The van der Waals surface area contributed by atoms with E-state index in [1.165, 1.54) is 66.1 Å². The lowest BCUT2D eigenvalue weighted by atomic mass is 9.82. The number of rotatable bonds is 7. The van der Waals surface area contributed by atoms with Crippen LogP contribution in [0.1, 0.15) is 12.5 Å². The molecule has 5 atom stereocenters. The number of benzene rings is 7. The van der Waals surface area contributed by atoms with E-state index in [-0.39, 0.29) is 18.1 Å². The fourth-order valence-electron chi connectivity index (χ4n) is 11.3. The van der Waals surface area contributed by atoms with Gasteiger partial charge in [0.15, 0.2) is 0 Å². The smallest absolute Gasteiger partial charge is 0.0571 e. The lowest BCUT2D eigenvalue weighted by molar-refractivity contribution is 0.525. The third kappa shape index (κ3) is 5.83. The van der Waals surface area contributed by atoms with Gasteiger partial charge in [-0.1, -0.05) is 158 Å². The lowest BCUT2D eigenvalue weighted by Gasteiger charge is -2.35. The van der Waals surface area contributed by atoms with Gasteiger partial charge >= 0.3 is 0 Å². The van der Waals surface area contributed by atoms with Crippen molar-refractivity contribution >= 4 is 60.7 Å². The Morgan fingerprint density at radius 3 is 1.86 bits per heavy atom. The quantitative estimate of drug-likeness (QED) is 0.159. The molecule has 0 saturated carbocycles. The van der Waals surface area contributed by atoms with Crippen LogP contribution in [0.4, 0.5) is 17.1 Å². The second-order valence-electron chi connectivity index (χ2n) is 17.6. The van der Waals surface area contributed by atoms with Crippen LogP contribution < -0.4 is 9.80 Å². The highest BCUT2D eigenvalue weighted by molar-refractivity contribution is 6.11. The molecule has 0 radical (unpaired) electrons. The fraction of sp³-hybridized carbons (Fsp3) is 0.100. The van der Waals surface area contributed by atoms with Crippen LogP contribution >= 0.6 is 0 Å². The summed E-state index contributed by atoms with van der Waals surface area (Å²) >= 11 is 0. The number of nitrogens with zero attached hydrogens (tertiary/aromatic N) is 4. The number of aromatic nitrogens is 2. The normalized spacial score (nSPS) is 21.0. The van der Waals surface area contributed by atoms with Crippen LogP contribution in [0, 0.1) is 11.8 Å². The Hall–Kier alpha value is -7.82. The van der Waals surface area contributed by atoms with Gasteiger partial charge in [0.1, 0.15) is 0 Å². The maximum absolute atomic E-state index is 2.64. The molecule has 13 rings (SSSR count). The average molecular weight is 823 g/mol. The van der Waals surface area contributed by atoms with Gasteiger partial charge in [-0.25, -0.2) is 0 Å². The molecule has 4 aliphatic rings. The van der Waals surface area contributed by atoms with Crippen LogP contribution in [0.15, 0.2) is 242 Å². The first-order chi connectivity index (χ1) is 31.8. The Morgan fingerprint density at radius 1 is 0.438 bits per heavy atom. The summed E-state index contributed by atoms with van der Waals surface area (Å²) < 4.78 is 4.95. The summed E-state index contributed by atoms with van der Waals surface area (Å²) in [5, 5.41) is 5.10. The van der Waals surface area contributed by atoms with Gasteiger partial charge in [-0.05, 0) is 96.4 Å². The van der Waals surface area contributed by atoms with Gasteiger partial charge in [-0.2, -0.15) is 0 Å². The van der Waals surface area contributed by atoms with Crippen molar-refractivity contribution in [2.24, 2.45) is 11.8 Å². The van der Waals surface area contributed by atoms with Gasteiger partial charge in [-0.3, -0.25) is 0 Å². The minimum atomic E-state index is 0.180. The van der Waals surface area contributed by atoms with Gasteiger partial charge in [0, 0.05) is 67.3 Å². The zero-order chi connectivity index (χ0) is 42.1. The molecule has 3 aliphatic carbocycles. The standard InChI is InChI=1S/C60H46N4/c1-4-16-43(17-5-1)62-55-25-13-10-22-49(55)52-35-30-42(38-58(52)62)41-28-31-46(32-29-41)61(47-33-36-53-50-23-11-14-26-56(50)63(59(53)39-47)44-18-6-2-7-19-44)48-34-37-54-51-24-12-15-27-57(51)64(60(54)40-48)45-20-8-3-9-21-45/h1-16,18-40,43,50,53,56,59H,17H2. The molecule has 64 heavy (non-hydrogen) atoms. The molecule has 4 nitrogen and oxygen atoms in total. The molecule has 1 aliphatic heterocycles. The van der Waals surface area contributed by atoms with Gasteiger partial charge in [0.25, 0.3) is 0 Å². The molecule has 1 saturated heterocycles. The first-order valence-electron chi connectivity index (χ1n) is 22.7. The summed E-state index contributed by atoms with van der Waals surface area (Å²) in [6.45, 7) is 0. The van der Waals surface area contributed by atoms with E-state index in [0.717, 1.165) is 23.5 Å². The van der Waals surface area contributed by atoms with Crippen LogP contribution in [-0.4, -0.2) is 21.2 Å². The summed E-state index contributed by atoms with van der Waals surface area (Å²) in [4.78, 5) is 5.12. The summed E-state index contributed by atoms with van der Waals surface area (Å²) in [6.07, 6.45) is 26.6. The number of anilines is 3.